The fourth-order valence-corrected chi connectivity index (χ4v) is 3.78. The van der Waals surface area contributed by atoms with Gasteiger partial charge >= 0.3 is 0 Å². The molecule has 0 heterocycles. The molecule has 2 heteroatoms. The van der Waals surface area contributed by atoms with E-state index in [1.165, 1.54) is 36.9 Å². The van der Waals surface area contributed by atoms with E-state index in [2.05, 4.69) is 49.9 Å². The highest BCUT2D eigenvalue weighted by atomic mass is 15.1. The monoisotopic (exact) mass is 274 g/mol. The number of nitrogens with two attached hydrogens (primary N) is 1. The molecule has 0 spiro atoms. The van der Waals surface area contributed by atoms with E-state index in [0.29, 0.717) is 5.41 Å². The lowest BCUT2D eigenvalue weighted by Crippen LogP contribution is -2.45. The molecule has 20 heavy (non-hydrogen) atoms. The van der Waals surface area contributed by atoms with Gasteiger partial charge < -0.3 is 10.6 Å². The average Bonchev–Trinajstić information content (AvgIpc) is 2.45. The SMILES string of the molecule is CCN(CC1(CN)CCCC(C)C1)c1cccc(C)c1. The fraction of sp³-hybridized carbons (Fsp3) is 0.667. The molecule has 0 aliphatic heterocycles. The third-order valence-corrected chi connectivity index (χ3v) is 4.89. The van der Waals surface area contributed by atoms with Gasteiger partial charge in [-0.1, -0.05) is 31.9 Å². The summed E-state index contributed by atoms with van der Waals surface area (Å²) in [5, 5.41) is 0. The summed E-state index contributed by atoms with van der Waals surface area (Å²) in [7, 11) is 0. The highest BCUT2D eigenvalue weighted by Gasteiger charge is 2.35. The quantitative estimate of drug-likeness (QED) is 0.880. The predicted octanol–water partition coefficient (Wildman–Crippen LogP) is 3.98. The van der Waals surface area contributed by atoms with Crippen LogP contribution in [0.5, 0.6) is 0 Å². The number of rotatable bonds is 5. The minimum Gasteiger partial charge on any atom is -0.371 e. The number of anilines is 1. The van der Waals surface area contributed by atoms with Crippen molar-refractivity contribution < 1.29 is 0 Å². The molecule has 112 valence electrons. The molecule has 2 nitrogen and oxygen atoms in total. The fourth-order valence-electron chi connectivity index (χ4n) is 3.78. The summed E-state index contributed by atoms with van der Waals surface area (Å²) in [5.74, 6) is 0.823. The Morgan fingerprint density at radius 1 is 1.40 bits per heavy atom. The Hall–Kier alpha value is -1.02. The second kappa shape index (κ2) is 6.62. The molecule has 2 unspecified atom stereocenters. The first-order chi connectivity index (χ1) is 9.58. The van der Waals surface area contributed by atoms with E-state index in [-0.39, 0.29) is 0 Å². The van der Waals surface area contributed by atoms with Crippen LogP contribution in [-0.4, -0.2) is 19.6 Å². The molecule has 2 rings (SSSR count). The lowest BCUT2D eigenvalue weighted by molar-refractivity contribution is 0.160. The molecule has 2 atom stereocenters. The zero-order chi connectivity index (χ0) is 14.6. The second-order valence-electron chi connectivity index (χ2n) is 6.76. The van der Waals surface area contributed by atoms with E-state index in [1.54, 1.807) is 0 Å². The normalized spacial score (nSPS) is 26.5. The first kappa shape index (κ1) is 15.4. The summed E-state index contributed by atoms with van der Waals surface area (Å²) in [6, 6.07) is 8.84. The molecule has 0 amide bonds. The van der Waals surface area contributed by atoms with Crippen LogP contribution in [0.2, 0.25) is 0 Å². The van der Waals surface area contributed by atoms with E-state index in [9.17, 15) is 0 Å². The molecule has 1 aromatic carbocycles. The van der Waals surface area contributed by atoms with E-state index in [0.717, 1.165) is 25.6 Å². The minimum atomic E-state index is 0.317. The predicted molar refractivity (Wildman–Crippen MR) is 88.2 cm³/mol. The second-order valence-corrected chi connectivity index (χ2v) is 6.76. The van der Waals surface area contributed by atoms with Crippen LogP contribution in [0.3, 0.4) is 0 Å². The van der Waals surface area contributed by atoms with Crippen LogP contribution in [0, 0.1) is 18.3 Å². The van der Waals surface area contributed by atoms with Crippen molar-refractivity contribution in [1.29, 1.82) is 0 Å². The van der Waals surface area contributed by atoms with Crippen LogP contribution in [-0.2, 0) is 0 Å². The largest absolute Gasteiger partial charge is 0.371 e. The minimum absolute atomic E-state index is 0.317. The molecule has 1 fully saturated rings. The maximum absolute atomic E-state index is 6.18. The Morgan fingerprint density at radius 2 is 2.20 bits per heavy atom. The van der Waals surface area contributed by atoms with E-state index in [4.69, 9.17) is 5.73 Å². The van der Waals surface area contributed by atoms with Crippen LogP contribution in [0.25, 0.3) is 0 Å². The lowest BCUT2D eigenvalue weighted by Gasteiger charge is -2.43. The van der Waals surface area contributed by atoms with Gasteiger partial charge in [-0.2, -0.15) is 0 Å². The average molecular weight is 274 g/mol. The van der Waals surface area contributed by atoms with E-state index < -0.39 is 0 Å². The highest BCUT2D eigenvalue weighted by molar-refractivity contribution is 5.48. The molecule has 1 aliphatic carbocycles. The van der Waals surface area contributed by atoms with E-state index >= 15 is 0 Å². The Labute approximate surface area is 124 Å². The number of aryl methyl sites for hydroxylation is 1. The topological polar surface area (TPSA) is 29.3 Å². The summed E-state index contributed by atoms with van der Waals surface area (Å²) in [5.41, 5.74) is 9.18. The summed E-state index contributed by atoms with van der Waals surface area (Å²) in [6.07, 6.45) is 5.28. The summed E-state index contributed by atoms with van der Waals surface area (Å²) in [6.45, 7) is 9.77. The third-order valence-electron chi connectivity index (χ3n) is 4.89. The Kier molecular flexibility index (Phi) is 5.09. The van der Waals surface area contributed by atoms with Gasteiger partial charge in [0.15, 0.2) is 0 Å². The molecule has 0 saturated heterocycles. The van der Waals surface area contributed by atoms with Gasteiger partial charge in [0.2, 0.25) is 0 Å². The molecular formula is C18H30N2. The maximum Gasteiger partial charge on any atom is 0.0368 e. The zero-order valence-electron chi connectivity index (χ0n) is 13.4. The van der Waals surface area contributed by atoms with Crippen molar-refractivity contribution in [2.75, 3.05) is 24.5 Å². The van der Waals surface area contributed by atoms with Crippen LogP contribution >= 0.6 is 0 Å². The van der Waals surface area contributed by atoms with Crippen LogP contribution < -0.4 is 10.6 Å². The molecule has 0 bridgehead atoms. The first-order valence-corrected chi connectivity index (χ1v) is 8.10. The molecule has 1 saturated carbocycles. The first-order valence-electron chi connectivity index (χ1n) is 8.10. The molecule has 2 N–H and O–H groups in total. The smallest absolute Gasteiger partial charge is 0.0368 e. The van der Waals surface area contributed by atoms with Gasteiger partial charge in [-0.15, -0.1) is 0 Å². The Balaban J connectivity index is 2.15. The van der Waals surface area contributed by atoms with Gasteiger partial charge in [0.25, 0.3) is 0 Å². The lowest BCUT2D eigenvalue weighted by atomic mass is 9.69. The molecule has 0 aromatic heterocycles. The number of hydrogen-bond acceptors (Lipinski definition) is 2. The van der Waals surface area contributed by atoms with Gasteiger partial charge in [-0.25, -0.2) is 0 Å². The molecule has 1 aliphatic rings. The van der Waals surface area contributed by atoms with Crippen LogP contribution in [0.15, 0.2) is 24.3 Å². The van der Waals surface area contributed by atoms with Crippen molar-refractivity contribution in [3.05, 3.63) is 29.8 Å². The number of benzene rings is 1. The van der Waals surface area contributed by atoms with Gasteiger partial charge in [-0.05, 0) is 56.8 Å². The molecule has 1 aromatic rings. The van der Waals surface area contributed by atoms with Crippen molar-refractivity contribution in [2.24, 2.45) is 17.1 Å². The van der Waals surface area contributed by atoms with Crippen molar-refractivity contribution in [2.45, 2.75) is 46.5 Å². The molecular weight excluding hydrogens is 244 g/mol. The Bertz CT molecular complexity index is 429. The summed E-state index contributed by atoms with van der Waals surface area (Å²) in [4.78, 5) is 2.51. The van der Waals surface area contributed by atoms with Gasteiger partial charge in [0.05, 0.1) is 0 Å². The maximum atomic E-state index is 6.18. The van der Waals surface area contributed by atoms with E-state index in [1.807, 2.05) is 0 Å². The summed E-state index contributed by atoms with van der Waals surface area (Å²) >= 11 is 0. The van der Waals surface area contributed by atoms with Crippen molar-refractivity contribution >= 4 is 5.69 Å². The number of hydrogen-bond donors (Lipinski definition) is 1. The number of nitrogens with zero attached hydrogens (tertiary/aromatic N) is 1. The molecule has 0 radical (unpaired) electrons. The van der Waals surface area contributed by atoms with Crippen LogP contribution in [0.1, 0.15) is 45.1 Å². The Morgan fingerprint density at radius 3 is 2.80 bits per heavy atom. The summed E-state index contributed by atoms with van der Waals surface area (Å²) < 4.78 is 0. The van der Waals surface area contributed by atoms with Gasteiger partial charge in [-0.3, -0.25) is 0 Å². The van der Waals surface area contributed by atoms with Gasteiger partial charge in [0.1, 0.15) is 0 Å². The van der Waals surface area contributed by atoms with Crippen molar-refractivity contribution in [3.63, 3.8) is 0 Å². The third kappa shape index (κ3) is 3.54. The standard InChI is InChI=1S/C18H30N2/c1-4-20(17-9-5-7-15(2)11-17)14-18(13-19)10-6-8-16(3)12-18/h5,7,9,11,16H,4,6,8,10,12-14,19H2,1-3H3. The van der Waals surface area contributed by atoms with Gasteiger partial charge in [0, 0.05) is 24.2 Å². The van der Waals surface area contributed by atoms with Crippen molar-refractivity contribution in [1.82, 2.24) is 0 Å². The van der Waals surface area contributed by atoms with Crippen molar-refractivity contribution in [3.8, 4) is 0 Å². The zero-order valence-corrected chi connectivity index (χ0v) is 13.4. The highest BCUT2D eigenvalue weighted by Crippen LogP contribution is 2.40. The van der Waals surface area contributed by atoms with Crippen LogP contribution in [0.4, 0.5) is 5.69 Å².